The minimum absolute atomic E-state index is 0.178. The Bertz CT molecular complexity index is 1110. The third kappa shape index (κ3) is 3.98. The van der Waals surface area contributed by atoms with Crippen LogP contribution in [0.2, 0.25) is 0 Å². The predicted octanol–water partition coefficient (Wildman–Crippen LogP) is 1.54. The Hall–Kier alpha value is -3.05. The predicted molar refractivity (Wildman–Crippen MR) is 115 cm³/mol. The topological polar surface area (TPSA) is 104 Å². The van der Waals surface area contributed by atoms with E-state index >= 15 is 0 Å². The van der Waals surface area contributed by atoms with Crippen LogP contribution in [-0.4, -0.2) is 71.6 Å². The number of amides is 1. The van der Waals surface area contributed by atoms with Gasteiger partial charge in [0.05, 0.1) is 31.3 Å². The Morgan fingerprint density at radius 1 is 1.19 bits per heavy atom. The molecule has 5 rings (SSSR count). The molecule has 0 aliphatic carbocycles. The van der Waals surface area contributed by atoms with Gasteiger partial charge < -0.3 is 24.4 Å². The highest BCUT2D eigenvalue weighted by Crippen LogP contribution is 2.32. The highest BCUT2D eigenvalue weighted by atomic mass is 32.2. The normalized spacial score (nSPS) is 15.5. The third-order valence-electron chi connectivity index (χ3n) is 5.19. The van der Waals surface area contributed by atoms with E-state index in [1.165, 1.54) is 11.8 Å². The molecular weight excluding hydrogens is 420 g/mol. The van der Waals surface area contributed by atoms with Gasteiger partial charge in [0, 0.05) is 25.2 Å². The minimum Gasteiger partial charge on any atom is -0.454 e. The van der Waals surface area contributed by atoms with Gasteiger partial charge in [-0.3, -0.25) is 4.79 Å². The lowest BCUT2D eigenvalue weighted by molar-refractivity contribution is 0.0951. The molecule has 1 saturated heterocycles. The van der Waals surface area contributed by atoms with Crippen LogP contribution in [0.25, 0.3) is 11.0 Å². The van der Waals surface area contributed by atoms with Gasteiger partial charge in [0.15, 0.2) is 22.3 Å². The van der Waals surface area contributed by atoms with Crippen LogP contribution in [0.3, 0.4) is 0 Å². The lowest BCUT2D eigenvalue weighted by Crippen LogP contribution is -2.37. The number of anilines is 1. The number of thioether (sulfide) groups is 1. The Labute approximate surface area is 182 Å². The van der Waals surface area contributed by atoms with Gasteiger partial charge in [-0.25, -0.2) is 14.6 Å². The molecule has 31 heavy (non-hydrogen) atoms. The van der Waals surface area contributed by atoms with Gasteiger partial charge in [-0.2, -0.15) is 5.10 Å². The van der Waals surface area contributed by atoms with Gasteiger partial charge in [0.1, 0.15) is 5.82 Å². The second kappa shape index (κ2) is 8.60. The Kier molecular flexibility index (Phi) is 5.51. The lowest BCUT2D eigenvalue weighted by Gasteiger charge is -2.28. The average Bonchev–Trinajstić information content (AvgIpc) is 3.45. The maximum atomic E-state index is 12.5. The summed E-state index contributed by atoms with van der Waals surface area (Å²) in [5.41, 5.74) is 1.29. The molecule has 162 valence electrons. The zero-order valence-electron chi connectivity index (χ0n) is 17.0. The van der Waals surface area contributed by atoms with Crippen molar-refractivity contribution in [2.24, 2.45) is 0 Å². The number of carbonyl (C=O) groups excluding carboxylic acids is 1. The number of ether oxygens (including phenoxy) is 3. The summed E-state index contributed by atoms with van der Waals surface area (Å²) < 4.78 is 17.9. The van der Waals surface area contributed by atoms with Crippen molar-refractivity contribution in [3.05, 3.63) is 30.0 Å². The molecule has 0 saturated carbocycles. The zero-order valence-corrected chi connectivity index (χ0v) is 17.9. The van der Waals surface area contributed by atoms with Crippen molar-refractivity contribution in [2.75, 3.05) is 50.8 Å². The number of benzene rings is 1. The SMILES string of the molecule is CSc1nc(N2CCOCC2)c2cnn(CCNC(=O)c3ccc4c(c3)OCO4)c2n1. The van der Waals surface area contributed by atoms with E-state index in [4.69, 9.17) is 19.2 Å². The number of nitrogens with one attached hydrogen (secondary N) is 1. The van der Waals surface area contributed by atoms with Gasteiger partial charge in [-0.15, -0.1) is 0 Å². The molecule has 0 atom stereocenters. The molecule has 1 fully saturated rings. The molecule has 0 bridgehead atoms. The molecule has 0 radical (unpaired) electrons. The number of morpholine rings is 1. The van der Waals surface area contributed by atoms with Crippen molar-refractivity contribution in [3.63, 3.8) is 0 Å². The van der Waals surface area contributed by atoms with E-state index in [2.05, 4.69) is 20.3 Å². The molecular formula is C20H22N6O4S. The summed E-state index contributed by atoms with van der Waals surface area (Å²) in [6.07, 6.45) is 3.75. The van der Waals surface area contributed by atoms with E-state index in [1.807, 2.05) is 6.26 Å². The number of nitrogens with zero attached hydrogens (tertiary/aromatic N) is 5. The molecule has 4 heterocycles. The number of rotatable bonds is 6. The summed E-state index contributed by atoms with van der Waals surface area (Å²) in [6.45, 7) is 4.02. The lowest BCUT2D eigenvalue weighted by atomic mass is 10.2. The van der Waals surface area contributed by atoms with Gasteiger partial charge in [-0.1, -0.05) is 11.8 Å². The molecule has 0 spiro atoms. The first-order valence-electron chi connectivity index (χ1n) is 10.0. The zero-order chi connectivity index (χ0) is 21.2. The first-order chi connectivity index (χ1) is 15.2. The van der Waals surface area contributed by atoms with Gasteiger partial charge >= 0.3 is 0 Å². The number of hydrogen-bond acceptors (Lipinski definition) is 9. The van der Waals surface area contributed by atoms with E-state index < -0.39 is 0 Å². The molecule has 1 amide bonds. The van der Waals surface area contributed by atoms with Crippen LogP contribution in [0.15, 0.2) is 29.6 Å². The van der Waals surface area contributed by atoms with E-state index in [0.717, 1.165) is 29.9 Å². The summed E-state index contributed by atoms with van der Waals surface area (Å²) in [5, 5.41) is 9.03. The highest BCUT2D eigenvalue weighted by Gasteiger charge is 2.20. The number of hydrogen-bond donors (Lipinski definition) is 1. The summed E-state index contributed by atoms with van der Waals surface area (Å²) in [6, 6.07) is 5.15. The average molecular weight is 443 g/mol. The van der Waals surface area contributed by atoms with Crippen LogP contribution < -0.4 is 19.7 Å². The summed E-state index contributed by atoms with van der Waals surface area (Å²) in [7, 11) is 0. The fourth-order valence-electron chi connectivity index (χ4n) is 3.61. The van der Waals surface area contributed by atoms with Gasteiger partial charge in [-0.05, 0) is 24.5 Å². The smallest absolute Gasteiger partial charge is 0.251 e. The number of fused-ring (bicyclic) bond motifs is 2. The van der Waals surface area contributed by atoms with E-state index in [-0.39, 0.29) is 12.7 Å². The van der Waals surface area contributed by atoms with Crippen molar-refractivity contribution in [2.45, 2.75) is 11.7 Å². The summed E-state index contributed by atoms with van der Waals surface area (Å²) in [5.74, 6) is 1.94. The van der Waals surface area contributed by atoms with Gasteiger partial charge in [0.2, 0.25) is 6.79 Å². The van der Waals surface area contributed by atoms with E-state index in [0.29, 0.717) is 48.5 Å². The van der Waals surface area contributed by atoms with Crippen LogP contribution in [0, 0.1) is 0 Å². The fraction of sp³-hybridized carbons (Fsp3) is 0.400. The Balaban J connectivity index is 1.31. The third-order valence-corrected chi connectivity index (χ3v) is 5.74. The van der Waals surface area contributed by atoms with Crippen molar-refractivity contribution < 1.29 is 19.0 Å². The number of carbonyl (C=O) groups is 1. The van der Waals surface area contributed by atoms with Crippen molar-refractivity contribution in [3.8, 4) is 11.5 Å². The molecule has 3 aromatic rings. The summed E-state index contributed by atoms with van der Waals surface area (Å²) >= 11 is 1.50. The first kappa shape index (κ1) is 19.9. The van der Waals surface area contributed by atoms with Crippen molar-refractivity contribution in [1.29, 1.82) is 0 Å². The first-order valence-corrected chi connectivity index (χ1v) is 11.2. The minimum atomic E-state index is -0.178. The quantitative estimate of drug-likeness (QED) is 0.450. The molecule has 11 heteroatoms. The van der Waals surface area contributed by atoms with Crippen LogP contribution >= 0.6 is 11.8 Å². The molecule has 1 aromatic carbocycles. The summed E-state index contributed by atoms with van der Waals surface area (Å²) in [4.78, 5) is 24.1. The number of aromatic nitrogens is 4. The fourth-order valence-corrected chi connectivity index (χ4v) is 3.96. The largest absolute Gasteiger partial charge is 0.454 e. The maximum absolute atomic E-state index is 12.5. The molecule has 2 aliphatic rings. The second-order valence-electron chi connectivity index (χ2n) is 7.06. The highest BCUT2D eigenvalue weighted by molar-refractivity contribution is 7.98. The standard InChI is InChI=1S/C20H22N6O4S/c1-31-20-23-17(25-6-8-28-9-7-25)14-11-22-26(18(14)24-20)5-4-21-19(27)13-2-3-15-16(10-13)30-12-29-15/h2-3,10-11H,4-9,12H2,1H3,(H,21,27). The van der Waals surface area contributed by atoms with Crippen molar-refractivity contribution >= 4 is 34.5 Å². The second-order valence-corrected chi connectivity index (χ2v) is 7.84. The van der Waals surface area contributed by atoms with Crippen LogP contribution in [0.1, 0.15) is 10.4 Å². The van der Waals surface area contributed by atoms with Crippen LogP contribution in [0.4, 0.5) is 5.82 Å². The van der Waals surface area contributed by atoms with Crippen molar-refractivity contribution in [1.82, 2.24) is 25.1 Å². The Morgan fingerprint density at radius 2 is 2.03 bits per heavy atom. The van der Waals surface area contributed by atoms with E-state index in [9.17, 15) is 4.79 Å². The van der Waals surface area contributed by atoms with E-state index in [1.54, 1.807) is 29.1 Å². The monoisotopic (exact) mass is 442 g/mol. The molecule has 2 aliphatic heterocycles. The molecule has 2 aromatic heterocycles. The molecule has 1 N–H and O–H groups in total. The maximum Gasteiger partial charge on any atom is 0.251 e. The van der Waals surface area contributed by atoms with Gasteiger partial charge in [0.25, 0.3) is 5.91 Å². The Morgan fingerprint density at radius 3 is 2.87 bits per heavy atom. The van der Waals surface area contributed by atoms with Crippen LogP contribution in [0.5, 0.6) is 11.5 Å². The molecule has 0 unspecified atom stereocenters. The molecule has 10 nitrogen and oxygen atoms in total. The van der Waals surface area contributed by atoms with Crippen LogP contribution in [-0.2, 0) is 11.3 Å².